The number of halogens is 6. The van der Waals surface area contributed by atoms with Crippen LogP contribution in [0.15, 0.2) is 97.5 Å². The Morgan fingerprint density at radius 1 is 0.722 bits per heavy atom. The number of aromatic nitrogens is 6. The number of rotatable bonds is 7. The highest BCUT2D eigenvalue weighted by Gasteiger charge is 2.41. The van der Waals surface area contributed by atoms with E-state index in [-0.39, 0.29) is 30.1 Å². The van der Waals surface area contributed by atoms with Gasteiger partial charge in [-0.15, -0.1) is 0 Å². The largest absolute Gasteiger partial charge is 0.471 e. The molecule has 2 aromatic carbocycles. The van der Waals surface area contributed by atoms with Crippen molar-refractivity contribution in [1.29, 1.82) is 0 Å². The molecule has 4 fully saturated rings. The van der Waals surface area contributed by atoms with Gasteiger partial charge in [0, 0.05) is 62.4 Å². The van der Waals surface area contributed by atoms with Crippen molar-refractivity contribution in [3.63, 3.8) is 0 Å². The minimum Gasteiger partial charge on any atom is -0.471 e. The molecule has 376 valence electrons. The van der Waals surface area contributed by atoms with Crippen LogP contribution in [0.2, 0.25) is 0 Å². The van der Waals surface area contributed by atoms with Crippen molar-refractivity contribution in [1.82, 2.24) is 29.9 Å². The number of hydrogen-bond acceptors (Lipinski definition) is 15. The summed E-state index contributed by atoms with van der Waals surface area (Å²) in [4.78, 5) is 44.9. The second-order valence-corrected chi connectivity index (χ2v) is 17.7. The quantitative estimate of drug-likeness (QED) is 0.129. The van der Waals surface area contributed by atoms with Crippen molar-refractivity contribution in [3.05, 3.63) is 109 Å². The van der Waals surface area contributed by atoms with Crippen LogP contribution in [-0.2, 0) is 21.8 Å². The fraction of sp³-hybridized carbons (Fsp3) is 0.367. The number of hydrogen-bond donors (Lipinski definition) is 3. The molecule has 12 rings (SSSR count). The summed E-state index contributed by atoms with van der Waals surface area (Å²) in [6.45, 7) is 5.81. The zero-order chi connectivity index (χ0) is 50.0. The lowest BCUT2D eigenvalue weighted by molar-refractivity contribution is -0.138. The number of nitrogens with zero attached hydrogens (tertiary/aromatic N) is 9. The first kappa shape index (κ1) is 48.1. The number of amides is 2. The average Bonchev–Trinajstić information content (AvgIpc) is 4.22. The summed E-state index contributed by atoms with van der Waals surface area (Å²) in [6.07, 6.45) is -0.874. The second-order valence-electron chi connectivity index (χ2n) is 17.7. The van der Waals surface area contributed by atoms with Crippen LogP contribution in [0.1, 0.15) is 36.8 Å². The van der Waals surface area contributed by atoms with Crippen LogP contribution in [0.3, 0.4) is 0 Å². The molecule has 0 unspecified atom stereocenters. The smallest absolute Gasteiger partial charge is 0.416 e. The predicted molar refractivity (Wildman–Crippen MR) is 254 cm³/mol. The molecule has 4 N–H and O–H groups in total. The highest BCUT2D eigenvalue weighted by Crippen LogP contribution is 2.42. The van der Waals surface area contributed by atoms with E-state index in [0.29, 0.717) is 72.4 Å². The summed E-state index contributed by atoms with van der Waals surface area (Å²) >= 11 is 0. The molecule has 4 saturated heterocycles. The van der Waals surface area contributed by atoms with E-state index in [1.807, 2.05) is 6.07 Å². The minimum absolute atomic E-state index is 0.0936. The van der Waals surface area contributed by atoms with Crippen molar-refractivity contribution >= 4 is 40.7 Å². The highest BCUT2D eigenvalue weighted by atomic mass is 19.4. The van der Waals surface area contributed by atoms with Crippen molar-refractivity contribution in [2.75, 3.05) is 83.7 Å². The highest BCUT2D eigenvalue weighted by molar-refractivity contribution is 6.04. The van der Waals surface area contributed by atoms with Gasteiger partial charge in [0.1, 0.15) is 23.8 Å². The molecule has 72 heavy (non-hydrogen) atoms. The molecule has 23 heteroatoms. The zero-order valence-electron chi connectivity index (χ0n) is 38.4. The summed E-state index contributed by atoms with van der Waals surface area (Å²) in [5.74, 6) is 2.27. The first-order valence-corrected chi connectivity index (χ1v) is 23.3. The number of benzene rings is 2. The molecule has 6 aliphatic rings. The lowest BCUT2D eigenvalue weighted by Crippen LogP contribution is -2.48. The number of pyridine rings is 2. The maximum atomic E-state index is 13.5. The number of alkyl halides is 6. The molecule has 6 aromatic rings. The molecule has 4 aromatic heterocycles. The summed E-state index contributed by atoms with van der Waals surface area (Å²) in [6, 6.07) is 19.0. The molecule has 6 aliphatic heterocycles. The Kier molecular flexibility index (Phi) is 13.6. The normalized spacial score (nSPS) is 20.6. The first-order valence-electron chi connectivity index (χ1n) is 23.3. The zero-order valence-corrected chi connectivity index (χ0v) is 38.4. The molecule has 0 aliphatic carbocycles. The van der Waals surface area contributed by atoms with E-state index in [1.54, 1.807) is 47.5 Å². The van der Waals surface area contributed by atoms with Crippen molar-refractivity contribution in [2.24, 2.45) is 0 Å². The third-order valence-electron chi connectivity index (χ3n) is 12.7. The third-order valence-corrected chi connectivity index (χ3v) is 12.7. The summed E-state index contributed by atoms with van der Waals surface area (Å²) < 4.78 is 100.0. The Morgan fingerprint density at radius 2 is 1.38 bits per heavy atom. The number of nitrogen functional groups attached to an aromatic ring is 1. The number of nitrogens with two attached hydrogens (primary N) is 1. The van der Waals surface area contributed by atoms with Gasteiger partial charge < -0.3 is 39.8 Å². The van der Waals surface area contributed by atoms with E-state index in [1.165, 1.54) is 24.5 Å². The topological polar surface area (TPSA) is 191 Å². The van der Waals surface area contributed by atoms with Gasteiger partial charge in [-0.25, -0.2) is 19.7 Å². The molecule has 0 saturated carbocycles. The van der Waals surface area contributed by atoms with E-state index >= 15 is 0 Å². The predicted octanol–water partition coefficient (Wildman–Crippen LogP) is 8.35. The van der Waals surface area contributed by atoms with Crippen LogP contribution in [0.5, 0.6) is 11.9 Å². The van der Waals surface area contributed by atoms with Crippen LogP contribution < -0.4 is 40.5 Å². The minimum atomic E-state index is -4.47. The number of anilines is 6. The summed E-state index contributed by atoms with van der Waals surface area (Å²) in [5.41, 5.74) is 7.53. The fourth-order valence-corrected chi connectivity index (χ4v) is 9.19. The molecule has 2 amide bonds. The number of ether oxygens (including phenoxy) is 4. The number of carbonyl (C=O) groups is 1. The Morgan fingerprint density at radius 3 is 2.04 bits per heavy atom. The van der Waals surface area contributed by atoms with Gasteiger partial charge in [0.25, 0.3) is 0 Å². The maximum absolute atomic E-state index is 13.5. The van der Waals surface area contributed by atoms with Crippen LogP contribution in [0.4, 0.5) is 65.8 Å². The molecular formula is C49H48F6N12O5. The van der Waals surface area contributed by atoms with Gasteiger partial charge in [-0.3, -0.25) is 15.2 Å². The van der Waals surface area contributed by atoms with Gasteiger partial charge in [-0.2, -0.15) is 36.3 Å². The standard InChI is InChI=1S/C25H23F3N6O3.C16H14F3N3.C8H11N3O2/c26-25(27,28)16-3-1-2-15(12-16)19-4-5-20-22(30-19)34(17-7-10-33(20)13-17)24(35)32-21-6-9-29-23(31-21)37-18-8-11-36-14-18;17-16(18,19)11-3-1-2-10(8-11)13-4-5-14-15(21-13)20-12-6-7-22(14)9-12;9-7-3-10-4-8(11-7)13-6-1-2-12-5-6/h1-6,9,12,17-18H,7-8,10-11,13-14H2,(H,29,31,32,35);1-5,8,12H,6-7,9H2,(H,20,21);3-4,6H,1-2,5H2,(H2,9,11)/t17-,18+;12-;6-/m001/s1. The van der Waals surface area contributed by atoms with E-state index in [2.05, 4.69) is 50.3 Å². The molecule has 17 nitrogen and oxygen atoms in total. The van der Waals surface area contributed by atoms with Crippen LogP contribution in [0.25, 0.3) is 22.5 Å². The van der Waals surface area contributed by atoms with Gasteiger partial charge in [0.15, 0.2) is 11.6 Å². The van der Waals surface area contributed by atoms with E-state index in [0.717, 1.165) is 93.4 Å². The van der Waals surface area contributed by atoms with Crippen molar-refractivity contribution in [2.45, 2.75) is 62.3 Å². The lowest BCUT2D eigenvalue weighted by Gasteiger charge is -2.35. The Balaban J connectivity index is 0.000000143. The van der Waals surface area contributed by atoms with E-state index < -0.39 is 29.5 Å². The van der Waals surface area contributed by atoms with Crippen LogP contribution >= 0.6 is 0 Å². The van der Waals surface area contributed by atoms with E-state index in [9.17, 15) is 31.1 Å². The SMILES string of the molecule is FC(F)(F)c1cccc(-c2ccc3c(n2)N[C@H]2CCN3C2)c1.Nc1cncc(O[C@@H]2CCOC2)n1.O=C(Nc1ccnc(O[C@@H]2CCOC2)n1)N1c2nc(-c3cccc(C(F)(F)F)c3)ccc2N2CC[C@H]1C2. The molecular weight excluding hydrogens is 951 g/mol. The summed E-state index contributed by atoms with van der Waals surface area (Å²) in [7, 11) is 0. The molecule has 4 atom stereocenters. The maximum Gasteiger partial charge on any atom is 0.416 e. The van der Waals surface area contributed by atoms with E-state index in [4.69, 9.17) is 24.7 Å². The Labute approximate surface area is 408 Å². The summed E-state index contributed by atoms with van der Waals surface area (Å²) in [5, 5.41) is 6.17. The van der Waals surface area contributed by atoms with Gasteiger partial charge in [-0.05, 0) is 67.4 Å². The third kappa shape index (κ3) is 11.0. The van der Waals surface area contributed by atoms with Crippen LogP contribution in [0, 0.1) is 0 Å². The van der Waals surface area contributed by atoms with Gasteiger partial charge >= 0.3 is 24.4 Å². The van der Waals surface area contributed by atoms with Gasteiger partial charge in [0.05, 0.1) is 78.8 Å². The second kappa shape index (κ2) is 20.3. The van der Waals surface area contributed by atoms with Crippen molar-refractivity contribution in [3.8, 4) is 34.4 Å². The monoisotopic (exact) mass is 998 g/mol. The number of fused-ring (bicyclic) bond motifs is 8. The number of carbonyl (C=O) groups excluding carboxylic acids is 1. The van der Waals surface area contributed by atoms with Gasteiger partial charge in [-0.1, -0.05) is 24.3 Å². The van der Waals surface area contributed by atoms with Crippen molar-refractivity contribution < 1.29 is 50.1 Å². The fourth-order valence-electron chi connectivity index (χ4n) is 9.19. The molecule has 10 heterocycles. The number of nitrogens with one attached hydrogen (secondary N) is 2. The van der Waals surface area contributed by atoms with Gasteiger partial charge in [0.2, 0.25) is 5.88 Å². The average molecular weight is 999 g/mol. The number of urea groups is 1. The molecule has 0 spiro atoms. The molecule has 4 bridgehead atoms. The first-order chi connectivity index (χ1) is 34.7. The Bertz CT molecular complexity index is 2900. The molecule has 0 radical (unpaired) electrons. The van der Waals surface area contributed by atoms with Crippen LogP contribution in [-0.4, -0.2) is 113 Å². The lowest BCUT2D eigenvalue weighted by atomic mass is 10.1. The Hall–Kier alpha value is -7.53.